The Morgan fingerprint density at radius 2 is 1.88 bits per heavy atom. The van der Waals surface area contributed by atoms with Gasteiger partial charge in [0.2, 0.25) is 5.91 Å². The summed E-state index contributed by atoms with van der Waals surface area (Å²) in [6.07, 6.45) is 4.18. The number of unbranched alkanes of at least 4 members (excludes halogenated alkanes) is 1. The van der Waals surface area contributed by atoms with Gasteiger partial charge in [-0.1, -0.05) is 20.3 Å². The van der Waals surface area contributed by atoms with Gasteiger partial charge in [-0.15, -0.1) is 0 Å². The normalized spacial score (nSPS) is 15.2. The molecule has 5 heteroatoms. The summed E-state index contributed by atoms with van der Waals surface area (Å²) in [6.45, 7) is 6.65. The first-order valence-corrected chi connectivity index (χ1v) is 8.89. The van der Waals surface area contributed by atoms with E-state index in [0.29, 0.717) is 18.1 Å². The Morgan fingerprint density at radius 1 is 1.21 bits per heavy atom. The average molecular weight is 332 g/mol. The van der Waals surface area contributed by atoms with Crippen LogP contribution >= 0.6 is 0 Å². The molecule has 0 bridgehead atoms. The van der Waals surface area contributed by atoms with Crippen LogP contribution in [0.5, 0.6) is 5.75 Å². The van der Waals surface area contributed by atoms with Crippen molar-refractivity contribution in [3.63, 3.8) is 0 Å². The van der Waals surface area contributed by atoms with Crippen molar-refractivity contribution in [3.8, 4) is 5.75 Å². The zero-order valence-electron chi connectivity index (χ0n) is 14.7. The Bertz CT molecular complexity index is 534. The fourth-order valence-electron chi connectivity index (χ4n) is 2.66. The number of carbonyl (C=O) groups is 2. The van der Waals surface area contributed by atoms with Gasteiger partial charge in [-0.3, -0.25) is 9.59 Å². The molecule has 1 aromatic carbocycles. The number of hydrogen-bond donors (Lipinski definition) is 1. The van der Waals surface area contributed by atoms with Gasteiger partial charge in [0, 0.05) is 18.7 Å². The highest BCUT2D eigenvalue weighted by Gasteiger charge is 2.20. The van der Waals surface area contributed by atoms with E-state index in [1.54, 1.807) is 24.3 Å². The standard InChI is InChI=1S/C19H28N2O3/c1-3-4-13-24-17-7-5-16(6-8-17)19(23)20-14-18(22)21-11-9-15(2)10-12-21/h5-8,15H,3-4,9-14H2,1-2H3,(H,20,23). The van der Waals surface area contributed by atoms with E-state index in [1.807, 2.05) is 4.90 Å². The SMILES string of the molecule is CCCCOc1ccc(C(=O)NCC(=O)N2CCC(C)CC2)cc1. The van der Waals surface area contributed by atoms with E-state index in [1.165, 1.54) is 0 Å². The zero-order valence-corrected chi connectivity index (χ0v) is 14.7. The lowest BCUT2D eigenvalue weighted by Crippen LogP contribution is -2.43. The molecule has 1 fully saturated rings. The van der Waals surface area contributed by atoms with Gasteiger partial charge in [0.1, 0.15) is 5.75 Å². The Balaban J connectivity index is 1.76. The molecule has 1 heterocycles. The molecule has 1 aliphatic heterocycles. The quantitative estimate of drug-likeness (QED) is 0.781. The molecule has 1 aromatic rings. The maximum Gasteiger partial charge on any atom is 0.251 e. The van der Waals surface area contributed by atoms with Gasteiger partial charge in [0.15, 0.2) is 0 Å². The summed E-state index contributed by atoms with van der Waals surface area (Å²) < 4.78 is 5.57. The lowest BCUT2D eigenvalue weighted by molar-refractivity contribution is -0.131. The molecule has 0 aromatic heterocycles. The molecule has 0 radical (unpaired) electrons. The summed E-state index contributed by atoms with van der Waals surface area (Å²) in [7, 11) is 0. The summed E-state index contributed by atoms with van der Waals surface area (Å²) in [6, 6.07) is 7.03. The maximum atomic E-state index is 12.1. The number of ether oxygens (including phenoxy) is 1. The number of rotatable bonds is 7. The molecule has 0 spiro atoms. The molecular formula is C19H28N2O3. The highest BCUT2D eigenvalue weighted by atomic mass is 16.5. The molecule has 1 N–H and O–H groups in total. The van der Waals surface area contributed by atoms with Crippen LogP contribution in [0.2, 0.25) is 0 Å². The Morgan fingerprint density at radius 3 is 2.50 bits per heavy atom. The number of benzene rings is 1. The average Bonchev–Trinajstić information content (AvgIpc) is 2.61. The minimum Gasteiger partial charge on any atom is -0.494 e. The number of carbonyl (C=O) groups excluding carboxylic acids is 2. The Labute approximate surface area is 144 Å². The molecule has 0 atom stereocenters. The highest BCUT2D eigenvalue weighted by molar-refractivity contribution is 5.96. The van der Waals surface area contributed by atoms with Crippen LogP contribution < -0.4 is 10.1 Å². The van der Waals surface area contributed by atoms with E-state index in [4.69, 9.17) is 4.74 Å². The summed E-state index contributed by atoms with van der Waals surface area (Å²) in [5.74, 6) is 1.21. The predicted octanol–water partition coefficient (Wildman–Crippen LogP) is 2.85. The Kier molecular flexibility index (Phi) is 7.09. The number of piperidine rings is 1. The third kappa shape index (κ3) is 5.55. The molecule has 2 rings (SSSR count). The minimum absolute atomic E-state index is 0.00484. The fourth-order valence-corrected chi connectivity index (χ4v) is 2.66. The van der Waals surface area contributed by atoms with Crippen LogP contribution in [0.4, 0.5) is 0 Å². The van der Waals surface area contributed by atoms with Crippen LogP contribution in [-0.4, -0.2) is 43.0 Å². The first kappa shape index (κ1) is 18.3. The monoisotopic (exact) mass is 332 g/mol. The minimum atomic E-state index is -0.228. The smallest absolute Gasteiger partial charge is 0.251 e. The van der Waals surface area contributed by atoms with Gasteiger partial charge < -0.3 is 15.0 Å². The van der Waals surface area contributed by atoms with Gasteiger partial charge in [-0.25, -0.2) is 0 Å². The van der Waals surface area contributed by atoms with Crippen LogP contribution in [0, 0.1) is 5.92 Å². The predicted molar refractivity (Wildman–Crippen MR) is 94.2 cm³/mol. The summed E-state index contributed by atoms with van der Waals surface area (Å²) in [5, 5.41) is 2.71. The number of amides is 2. The first-order chi connectivity index (χ1) is 11.6. The van der Waals surface area contributed by atoms with Crippen molar-refractivity contribution in [1.29, 1.82) is 0 Å². The Hall–Kier alpha value is -2.04. The van der Waals surface area contributed by atoms with Gasteiger partial charge in [-0.05, 0) is 49.4 Å². The third-order valence-electron chi connectivity index (χ3n) is 4.42. The number of likely N-dealkylation sites (tertiary alicyclic amines) is 1. The summed E-state index contributed by atoms with van der Waals surface area (Å²) >= 11 is 0. The molecular weight excluding hydrogens is 304 g/mol. The van der Waals surface area contributed by atoms with Crippen LogP contribution in [0.25, 0.3) is 0 Å². The van der Waals surface area contributed by atoms with E-state index in [2.05, 4.69) is 19.2 Å². The second-order valence-electron chi connectivity index (χ2n) is 6.47. The zero-order chi connectivity index (χ0) is 17.4. The molecule has 1 aliphatic rings. The highest BCUT2D eigenvalue weighted by Crippen LogP contribution is 2.16. The topological polar surface area (TPSA) is 58.6 Å². The summed E-state index contributed by atoms with van der Waals surface area (Å²) in [5.41, 5.74) is 0.540. The van der Waals surface area contributed by atoms with Crippen molar-refractivity contribution >= 4 is 11.8 Å². The van der Waals surface area contributed by atoms with E-state index < -0.39 is 0 Å². The lowest BCUT2D eigenvalue weighted by atomic mass is 9.99. The van der Waals surface area contributed by atoms with Crippen molar-refractivity contribution in [2.75, 3.05) is 26.2 Å². The van der Waals surface area contributed by atoms with Crippen LogP contribution in [-0.2, 0) is 4.79 Å². The summed E-state index contributed by atoms with van der Waals surface area (Å²) in [4.78, 5) is 26.1. The van der Waals surface area contributed by atoms with Crippen LogP contribution in [0.3, 0.4) is 0 Å². The van der Waals surface area contributed by atoms with Gasteiger partial charge in [0.05, 0.1) is 13.2 Å². The largest absolute Gasteiger partial charge is 0.494 e. The molecule has 2 amide bonds. The van der Waals surface area contributed by atoms with Crippen molar-refractivity contribution < 1.29 is 14.3 Å². The lowest BCUT2D eigenvalue weighted by Gasteiger charge is -2.30. The second kappa shape index (κ2) is 9.30. The third-order valence-corrected chi connectivity index (χ3v) is 4.42. The molecule has 0 aliphatic carbocycles. The van der Waals surface area contributed by atoms with Crippen LogP contribution in [0.1, 0.15) is 49.9 Å². The molecule has 0 unspecified atom stereocenters. The van der Waals surface area contributed by atoms with Gasteiger partial charge in [0.25, 0.3) is 5.91 Å². The number of hydrogen-bond acceptors (Lipinski definition) is 3. The number of nitrogens with one attached hydrogen (secondary N) is 1. The van der Waals surface area contributed by atoms with Crippen molar-refractivity contribution in [2.45, 2.75) is 39.5 Å². The first-order valence-electron chi connectivity index (χ1n) is 8.89. The van der Waals surface area contributed by atoms with Gasteiger partial charge in [-0.2, -0.15) is 0 Å². The molecule has 24 heavy (non-hydrogen) atoms. The second-order valence-corrected chi connectivity index (χ2v) is 6.47. The molecule has 5 nitrogen and oxygen atoms in total. The fraction of sp³-hybridized carbons (Fsp3) is 0.579. The van der Waals surface area contributed by atoms with Crippen molar-refractivity contribution in [3.05, 3.63) is 29.8 Å². The van der Waals surface area contributed by atoms with E-state index >= 15 is 0 Å². The van der Waals surface area contributed by atoms with Gasteiger partial charge >= 0.3 is 0 Å². The van der Waals surface area contributed by atoms with E-state index in [0.717, 1.165) is 44.5 Å². The van der Waals surface area contributed by atoms with Crippen LogP contribution in [0.15, 0.2) is 24.3 Å². The van der Waals surface area contributed by atoms with Crippen molar-refractivity contribution in [1.82, 2.24) is 10.2 Å². The van der Waals surface area contributed by atoms with E-state index in [-0.39, 0.29) is 18.4 Å². The molecule has 132 valence electrons. The molecule has 0 saturated carbocycles. The number of nitrogens with zero attached hydrogens (tertiary/aromatic N) is 1. The molecule has 1 saturated heterocycles. The van der Waals surface area contributed by atoms with E-state index in [9.17, 15) is 9.59 Å². The van der Waals surface area contributed by atoms with Crippen molar-refractivity contribution in [2.24, 2.45) is 5.92 Å². The maximum absolute atomic E-state index is 12.1.